The monoisotopic (exact) mass is 276 g/mol. The van der Waals surface area contributed by atoms with E-state index in [0.717, 1.165) is 28.0 Å². The number of benzene rings is 1. The van der Waals surface area contributed by atoms with Gasteiger partial charge in [0, 0.05) is 11.0 Å². The van der Waals surface area contributed by atoms with Gasteiger partial charge < -0.3 is 10.5 Å². The third-order valence-corrected chi connectivity index (χ3v) is 3.65. The Bertz CT molecular complexity index is 637. The summed E-state index contributed by atoms with van der Waals surface area (Å²) in [5, 5.41) is 11.0. The first-order chi connectivity index (χ1) is 9.31. The zero-order chi connectivity index (χ0) is 13.2. The van der Waals surface area contributed by atoms with Gasteiger partial charge in [0.25, 0.3) is 0 Å². The van der Waals surface area contributed by atoms with Crippen LogP contribution in [0.4, 0.5) is 0 Å². The predicted octanol–water partition coefficient (Wildman–Crippen LogP) is 0.676. The second kappa shape index (κ2) is 4.94. The van der Waals surface area contributed by atoms with Gasteiger partial charge in [-0.1, -0.05) is 23.9 Å². The van der Waals surface area contributed by atoms with Crippen molar-refractivity contribution in [3.63, 3.8) is 0 Å². The molecule has 0 saturated heterocycles. The molecule has 0 aliphatic carbocycles. The van der Waals surface area contributed by atoms with Crippen LogP contribution in [-0.4, -0.2) is 22.0 Å². The highest BCUT2D eigenvalue weighted by Crippen LogP contribution is 2.29. The molecule has 7 heteroatoms. The van der Waals surface area contributed by atoms with Gasteiger partial charge in [0.05, 0.1) is 12.8 Å². The summed E-state index contributed by atoms with van der Waals surface area (Å²) in [5.41, 5.74) is 9.20. The van der Waals surface area contributed by atoms with Crippen molar-refractivity contribution in [1.82, 2.24) is 14.9 Å². The van der Waals surface area contributed by atoms with Crippen molar-refractivity contribution in [2.75, 3.05) is 12.5 Å². The number of nitrogens with one attached hydrogen (secondary N) is 1. The van der Waals surface area contributed by atoms with E-state index in [9.17, 15) is 0 Å². The van der Waals surface area contributed by atoms with Gasteiger partial charge in [0.2, 0.25) is 11.0 Å². The van der Waals surface area contributed by atoms with Crippen LogP contribution in [0.3, 0.4) is 0 Å². The molecule has 0 radical (unpaired) electrons. The summed E-state index contributed by atoms with van der Waals surface area (Å²) in [4.78, 5) is 0. The minimum absolute atomic E-state index is 0.589. The number of methoxy groups -OCH3 is 1. The number of nitrogens with zero attached hydrogens (tertiary/aromatic N) is 3. The molecule has 6 nitrogen and oxygen atoms in total. The van der Waals surface area contributed by atoms with Gasteiger partial charge in [0.15, 0.2) is 0 Å². The second-order valence-corrected chi connectivity index (χ2v) is 4.81. The fourth-order valence-corrected chi connectivity index (χ4v) is 2.59. The average molecular weight is 276 g/mol. The summed E-state index contributed by atoms with van der Waals surface area (Å²) in [6.45, 7) is 0.589. The fourth-order valence-electron chi connectivity index (χ4n) is 1.83. The Kier molecular flexibility index (Phi) is 3.14. The molecule has 2 heterocycles. The summed E-state index contributed by atoms with van der Waals surface area (Å²) in [6.07, 6.45) is 0. The van der Waals surface area contributed by atoms with Gasteiger partial charge in [-0.15, -0.1) is 10.2 Å². The molecule has 1 aliphatic rings. The van der Waals surface area contributed by atoms with Crippen LogP contribution in [0.5, 0.6) is 5.75 Å². The molecule has 2 aromatic rings. The highest BCUT2D eigenvalue weighted by molar-refractivity contribution is 8.02. The van der Waals surface area contributed by atoms with Crippen molar-refractivity contribution in [3.8, 4) is 5.75 Å². The number of thioether (sulfide) groups is 1. The lowest BCUT2D eigenvalue weighted by Crippen LogP contribution is -2.49. The smallest absolute Gasteiger partial charge is 0.214 e. The lowest BCUT2D eigenvalue weighted by Gasteiger charge is -2.18. The fraction of sp³-hybridized carbons (Fsp3) is 0.167. The molecular weight excluding hydrogens is 262 g/mol. The van der Waals surface area contributed by atoms with E-state index in [-0.39, 0.29) is 0 Å². The Morgan fingerprint density at radius 2 is 2.32 bits per heavy atom. The molecule has 4 N–H and O–H groups in total. The Labute approximate surface area is 114 Å². The first-order valence-corrected chi connectivity index (χ1v) is 6.71. The van der Waals surface area contributed by atoms with E-state index in [0.29, 0.717) is 6.54 Å². The Morgan fingerprint density at radius 3 is 3.11 bits per heavy atom. The van der Waals surface area contributed by atoms with Crippen molar-refractivity contribution >= 4 is 17.5 Å². The quantitative estimate of drug-likeness (QED) is 0.861. The molecule has 1 aromatic heterocycles. The molecule has 0 spiro atoms. The zero-order valence-corrected chi connectivity index (χ0v) is 11.3. The summed E-state index contributed by atoms with van der Waals surface area (Å²) in [6, 6.07) is 7.90. The Hall–Kier alpha value is -1.99. The molecule has 98 valence electrons. The highest BCUT2D eigenvalue weighted by atomic mass is 32.2. The number of hydrogen-bond acceptors (Lipinski definition) is 5. The van der Waals surface area contributed by atoms with Gasteiger partial charge in [-0.3, -0.25) is 5.43 Å². The van der Waals surface area contributed by atoms with E-state index in [1.54, 1.807) is 7.11 Å². The van der Waals surface area contributed by atoms with Crippen LogP contribution >= 0.6 is 11.8 Å². The van der Waals surface area contributed by atoms with Gasteiger partial charge in [-0.05, 0) is 12.1 Å². The minimum Gasteiger partial charge on any atom is -0.497 e. The Balaban J connectivity index is 1.93. The first kappa shape index (κ1) is 12.1. The summed E-state index contributed by atoms with van der Waals surface area (Å²) in [5.74, 6) is 1.65. The van der Waals surface area contributed by atoms with Gasteiger partial charge in [-0.25, -0.2) is 4.68 Å². The summed E-state index contributed by atoms with van der Waals surface area (Å²) in [7, 11) is 1.66. The normalized spacial score (nSPS) is 13.5. The van der Waals surface area contributed by atoms with Crippen molar-refractivity contribution in [1.29, 1.82) is 0 Å². The van der Waals surface area contributed by atoms with Crippen LogP contribution in [-0.2, 0) is 6.54 Å². The zero-order valence-electron chi connectivity index (χ0n) is 10.5. The third-order valence-electron chi connectivity index (χ3n) is 2.82. The summed E-state index contributed by atoms with van der Waals surface area (Å²) < 4.78 is 7.11. The number of hydrogen-bond donors (Lipinski definition) is 2. The SMILES string of the molecule is COc1cccc(C2=CSc3nnc(C[NH3+])n3N2)c1. The van der Waals surface area contributed by atoms with Crippen LogP contribution in [0, 0.1) is 0 Å². The first-order valence-electron chi connectivity index (χ1n) is 5.83. The van der Waals surface area contributed by atoms with Crippen LogP contribution in [0.2, 0.25) is 0 Å². The van der Waals surface area contributed by atoms with Crippen LogP contribution in [0.1, 0.15) is 11.4 Å². The van der Waals surface area contributed by atoms with E-state index in [2.05, 4.69) is 21.4 Å². The maximum atomic E-state index is 5.24. The van der Waals surface area contributed by atoms with E-state index >= 15 is 0 Å². The van der Waals surface area contributed by atoms with Crippen molar-refractivity contribution in [2.24, 2.45) is 0 Å². The molecule has 0 saturated carbocycles. The summed E-state index contributed by atoms with van der Waals surface area (Å²) >= 11 is 1.54. The standard InChI is InChI=1S/C12H13N5OS/c1-18-9-4-2-3-8(5-9)10-7-19-12-15-14-11(6-13)17(12)16-10/h2-5,7,16H,6,13H2,1H3/p+1. The lowest BCUT2D eigenvalue weighted by atomic mass is 10.2. The molecule has 1 aromatic carbocycles. The molecule has 1 aliphatic heterocycles. The van der Waals surface area contributed by atoms with Crippen LogP contribution in [0.15, 0.2) is 34.8 Å². The minimum atomic E-state index is 0.589. The predicted molar refractivity (Wildman–Crippen MR) is 72.8 cm³/mol. The van der Waals surface area contributed by atoms with Gasteiger partial charge in [0.1, 0.15) is 12.3 Å². The van der Waals surface area contributed by atoms with Crippen molar-refractivity contribution < 1.29 is 10.5 Å². The second-order valence-electron chi connectivity index (χ2n) is 3.98. The van der Waals surface area contributed by atoms with E-state index in [1.165, 1.54) is 11.8 Å². The van der Waals surface area contributed by atoms with E-state index in [4.69, 9.17) is 4.74 Å². The molecule has 0 fully saturated rings. The lowest BCUT2D eigenvalue weighted by molar-refractivity contribution is -0.388. The van der Waals surface area contributed by atoms with Crippen LogP contribution in [0.25, 0.3) is 5.70 Å². The largest absolute Gasteiger partial charge is 0.497 e. The third kappa shape index (κ3) is 2.18. The molecule has 3 rings (SSSR count). The average Bonchev–Trinajstić information content (AvgIpc) is 2.89. The van der Waals surface area contributed by atoms with Gasteiger partial charge in [-0.2, -0.15) is 0 Å². The molecule has 0 atom stereocenters. The molecular formula is C12H14N5OS+. The number of ether oxygens (including phenoxy) is 1. The van der Waals surface area contributed by atoms with Crippen molar-refractivity contribution in [2.45, 2.75) is 11.7 Å². The van der Waals surface area contributed by atoms with Gasteiger partial charge >= 0.3 is 0 Å². The Morgan fingerprint density at radius 1 is 1.42 bits per heavy atom. The van der Waals surface area contributed by atoms with E-state index in [1.807, 2.05) is 34.3 Å². The number of fused-ring (bicyclic) bond motifs is 1. The molecule has 0 unspecified atom stereocenters. The van der Waals surface area contributed by atoms with Crippen LogP contribution < -0.4 is 15.9 Å². The number of aromatic nitrogens is 3. The highest BCUT2D eigenvalue weighted by Gasteiger charge is 2.18. The maximum Gasteiger partial charge on any atom is 0.214 e. The topological polar surface area (TPSA) is 79.6 Å². The number of rotatable bonds is 3. The van der Waals surface area contributed by atoms with Crippen molar-refractivity contribution in [3.05, 3.63) is 41.1 Å². The van der Waals surface area contributed by atoms with E-state index < -0.39 is 0 Å². The molecule has 19 heavy (non-hydrogen) atoms. The number of quaternary nitrogens is 1. The molecule has 0 amide bonds. The maximum absolute atomic E-state index is 5.24. The molecule has 0 bridgehead atoms.